The maximum Gasteiger partial charge on any atom is 0.291 e. The number of pyridine rings is 1. The average molecular weight is 409 g/mol. The van der Waals surface area contributed by atoms with Crippen molar-refractivity contribution in [2.45, 2.75) is 32.0 Å². The summed E-state index contributed by atoms with van der Waals surface area (Å²) in [5, 5.41) is 6.88. The quantitative estimate of drug-likeness (QED) is 0.613. The first-order valence-electron chi connectivity index (χ1n) is 9.84. The smallest absolute Gasteiger partial charge is 0.291 e. The van der Waals surface area contributed by atoms with Gasteiger partial charge in [0.1, 0.15) is 6.54 Å². The Bertz CT molecular complexity index is 964. The highest BCUT2D eigenvalue weighted by Crippen LogP contribution is 2.16. The van der Waals surface area contributed by atoms with E-state index in [-0.39, 0.29) is 30.2 Å². The molecule has 3 aromatic heterocycles. The number of amides is 2. The number of hydrogen-bond donors (Lipinski definition) is 1. The van der Waals surface area contributed by atoms with E-state index >= 15 is 0 Å². The SMILES string of the molecule is O=C(Nc1cnn(CC(=O)N(Cc2ccccn2)C[C@@H]2CCCO2)c1)c1ccco1. The van der Waals surface area contributed by atoms with Gasteiger partial charge in [-0.1, -0.05) is 6.07 Å². The lowest BCUT2D eigenvalue weighted by Crippen LogP contribution is -2.39. The van der Waals surface area contributed by atoms with E-state index in [2.05, 4.69) is 15.4 Å². The molecule has 1 fully saturated rings. The van der Waals surface area contributed by atoms with Crippen molar-refractivity contribution >= 4 is 17.5 Å². The second kappa shape index (κ2) is 9.36. The molecule has 0 saturated carbocycles. The zero-order valence-corrected chi connectivity index (χ0v) is 16.4. The van der Waals surface area contributed by atoms with Crippen LogP contribution in [0.1, 0.15) is 29.1 Å². The van der Waals surface area contributed by atoms with E-state index in [0.29, 0.717) is 18.8 Å². The van der Waals surface area contributed by atoms with Crippen molar-refractivity contribution in [3.8, 4) is 0 Å². The summed E-state index contributed by atoms with van der Waals surface area (Å²) in [6.07, 6.45) is 8.25. The molecule has 0 spiro atoms. The molecule has 3 aromatic rings. The average Bonchev–Trinajstić information content (AvgIpc) is 3.52. The molecule has 0 aliphatic carbocycles. The highest BCUT2D eigenvalue weighted by atomic mass is 16.5. The predicted octanol–water partition coefficient (Wildman–Crippen LogP) is 2.33. The van der Waals surface area contributed by atoms with Crippen molar-refractivity contribution < 1.29 is 18.7 Å². The molecule has 9 heteroatoms. The summed E-state index contributed by atoms with van der Waals surface area (Å²) in [7, 11) is 0. The zero-order valence-electron chi connectivity index (χ0n) is 16.4. The topological polar surface area (TPSA) is 102 Å². The maximum absolute atomic E-state index is 13.0. The Hall–Kier alpha value is -3.46. The van der Waals surface area contributed by atoms with E-state index in [1.807, 2.05) is 18.2 Å². The number of ether oxygens (including phenoxy) is 1. The van der Waals surface area contributed by atoms with Gasteiger partial charge in [-0.05, 0) is 37.1 Å². The largest absolute Gasteiger partial charge is 0.459 e. The number of rotatable bonds is 8. The van der Waals surface area contributed by atoms with E-state index in [9.17, 15) is 9.59 Å². The van der Waals surface area contributed by atoms with Gasteiger partial charge in [0.05, 0.1) is 36.5 Å². The number of anilines is 1. The molecule has 1 saturated heterocycles. The molecule has 0 aromatic carbocycles. The van der Waals surface area contributed by atoms with Crippen LogP contribution >= 0.6 is 0 Å². The molecule has 30 heavy (non-hydrogen) atoms. The number of carbonyl (C=O) groups is 2. The molecule has 4 rings (SSSR count). The number of hydrogen-bond acceptors (Lipinski definition) is 6. The molecule has 0 radical (unpaired) electrons. The van der Waals surface area contributed by atoms with Crippen LogP contribution in [0.3, 0.4) is 0 Å². The third-order valence-corrected chi connectivity index (χ3v) is 4.81. The fourth-order valence-electron chi connectivity index (χ4n) is 3.33. The van der Waals surface area contributed by atoms with Crippen LogP contribution < -0.4 is 5.32 Å². The molecule has 9 nitrogen and oxygen atoms in total. The summed E-state index contributed by atoms with van der Waals surface area (Å²) >= 11 is 0. The minimum Gasteiger partial charge on any atom is -0.459 e. The van der Waals surface area contributed by atoms with Gasteiger partial charge in [0.2, 0.25) is 5.91 Å². The number of furan rings is 1. The molecule has 0 bridgehead atoms. The number of nitrogens with one attached hydrogen (secondary N) is 1. The van der Waals surface area contributed by atoms with Gasteiger partial charge in [0.25, 0.3) is 5.91 Å². The highest BCUT2D eigenvalue weighted by molar-refractivity contribution is 6.02. The van der Waals surface area contributed by atoms with Crippen molar-refractivity contribution in [2.24, 2.45) is 0 Å². The Labute approximate surface area is 173 Å². The van der Waals surface area contributed by atoms with Crippen LogP contribution in [0.2, 0.25) is 0 Å². The molecular weight excluding hydrogens is 386 g/mol. The van der Waals surface area contributed by atoms with E-state index in [0.717, 1.165) is 25.1 Å². The third kappa shape index (κ3) is 5.12. The number of nitrogens with zero attached hydrogens (tertiary/aromatic N) is 4. The summed E-state index contributed by atoms with van der Waals surface area (Å²) < 4.78 is 12.3. The number of carbonyl (C=O) groups excluding carboxylic acids is 2. The third-order valence-electron chi connectivity index (χ3n) is 4.81. The minimum absolute atomic E-state index is 0.0402. The normalized spacial score (nSPS) is 15.8. The summed E-state index contributed by atoms with van der Waals surface area (Å²) in [6.45, 7) is 1.70. The van der Waals surface area contributed by atoms with E-state index in [1.165, 1.54) is 17.1 Å². The first kappa shape index (κ1) is 19.8. The molecule has 2 amide bonds. The van der Waals surface area contributed by atoms with Gasteiger partial charge < -0.3 is 19.4 Å². The fourth-order valence-corrected chi connectivity index (χ4v) is 3.33. The van der Waals surface area contributed by atoms with E-state index < -0.39 is 0 Å². The first-order chi connectivity index (χ1) is 14.7. The monoisotopic (exact) mass is 409 g/mol. The molecule has 1 atom stereocenters. The Morgan fingerprint density at radius 2 is 2.20 bits per heavy atom. The van der Waals surface area contributed by atoms with Crippen molar-refractivity contribution in [3.05, 3.63) is 66.6 Å². The van der Waals surface area contributed by atoms with Gasteiger partial charge in [-0.15, -0.1) is 0 Å². The summed E-state index contributed by atoms with van der Waals surface area (Å²) in [5.41, 5.74) is 1.30. The van der Waals surface area contributed by atoms with Crippen LogP contribution in [0.5, 0.6) is 0 Å². The number of aromatic nitrogens is 3. The lowest BCUT2D eigenvalue weighted by Gasteiger charge is -2.25. The standard InChI is InChI=1S/C21H23N5O4/c27-20(15-26-13-17(11-23-26)24-21(28)19-7-4-10-30-19)25(14-18-6-3-9-29-18)12-16-5-1-2-8-22-16/h1-2,4-5,7-8,10-11,13,18H,3,6,9,12,14-15H2,(H,24,28)/t18-/m0/s1. The van der Waals surface area contributed by atoms with E-state index in [1.54, 1.807) is 29.4 Å². The van der Waals surface area contributed by atoms with Crippen LogP contribution in [0, 0.1) is 0 Å². The molecule has 1 aliphatic rings. The Morgan fingerprint density at radius 1 is 1.27 bits per heavy atom. The first-order valence-corrected chi connectivity index (χ1v) is 9.84. The molecule has 4 heterocycles. The molecular formula is C21H23N5O4. The highest BCUT2D eigenvalue weighted by Gasteiger charge is 2.23. The Balaban J connectivity index is 1.40. The fraction of sp³-hybridized carbons (Fsp3) is 0.333. The summed E-state index contributed by atoms with van der Waals surface area (Å²) in [6, 6.07) is 8.85. The zero-order chi connectivity index (χ0) is 20.8. The summed E-state index contributed by atoms with van der Waals surface area (Å²) in [5.74, 6) is -0.263. The molecule has 156 valence electrons. The van der Waals surface area contributed by atoms with Gasteiger partial charge in [-0.2, -0.15) is 5.10 Å². The lowest BCUT2D eigenvalue weighted by molar-refractivity contribution is -0.134. The van der Waals surface area contributed by atoms with Gasteiger partial charge in [0.15, 0.2) is 5.76 Å². The van der Waals surface area contributed by atoms with Gasteiger partial charge in [0, 0.05) is 25.5 Å². The predicted molar refractivity (Wildman–Crippen MR) is 108 cm³/mol. The maximum atomic E-state index is 13.0. The van der Waals surface area contributed by atoms with Crippen LogP contribution in [0.25, 0.3) is 0 Å². The summed E-state index contributed by atoms with van der Waals surface area (Å²) in [4.78, 5) is 31.2. The molecule has 1 N–H and O–H groups in total. The van der Waals surface area contributed by atoms with Crippen LogP contribution in [-0.2, 0) is 22.6 Å². The van der Waals surface area contributed by atoms with Gasteiger partial charge in [-0.25, -0.2) is 0 Å². The second-order valence-electron chi connectivity index (χ2n) is 7.09. The van der Waals surface area contributed by atoms with Crippen molar-refractivity contribution in [3.63, 3.8) is 0 Å². The minimum atomic E-state index is -0.374. The van der Waals surface area contributed by atoms with Gasteiger partial charge >= 0.3 is 0 Å². The Morgan fingerprint density at radius 3 is 2.93 bits per heavy atom. The second-order valence-corrected chi connectivity index (χ2v) is 7.09. The Kier molecular flexibility index (Phi) is 6.19. The lowest BCUT2D eigenvalue weighted by atomic mass is 10.2. The molecule has 1 aliphatic heterocycles. The van der Waals surface area contributed by atoms with Crippen LogP contribution in [0.4, 0.5) is 5.69 Å². The van der Waals surface area contributed by atoms with Crippen molar-refractivity contribution in [1.82, 2.24) is 19.7 Å². The van der Waals surface area contributed by atoms with Crippen LogP contribution in [0.15, 0.2) is 59.6 Å². The van der Waals surface area contributed by atoms with Crippen molar-refractivity contribution in [2.75, 3.05) is 18.5 Å². The van der Waals surface area contributed by atoms with Crippen LogP contribution in [-0.4, -0.2) is 50.7 Å². The van der Waals surface area contributed by atoms with E-state index in [4.69, 9.17) is 9.15 Å². The van der Waals surface area contributed by atoms with Crippen molar-refractivity contribution in [1.29, 1.82) is 0 Å². The van der Waals surface area contributed by atoms with Gasteiger partial charge in [-0.3, -0.25) is 19.3 Å². The molecule has 0 unspecified atom stereocenters.